The van der Waals surface area contributed by atoms with Gasteiger partial charge in [0.1, 0.15) is 0 Å². The maximum absolute atomic E-state index is 4.27. The molecule has 0 aliphatic carbocycles. The van der Waals surface area contributed by atoms with Crippen LogP contribution in [-0.4, -0.2) is 11.0 Å². The second kappa shape index (κ2) is 4.21. The van der Waals surface area contributed by atoms with Gasteiger partial charge in [-0.05, 0) is 19.1 Å². The summed E-state index contributed by atoms with van der Waals surface area (Å²) in [5.74, 6) is 0. The first-order valence-corrected chi connectivity index (χ1v) is 4.37. The first kappa shape index (κ1) is 9.20. The van der Waals surface area contributed by atoms with Gasteiger partial charge in [-0.25, -0.2) is 0 Å². The van der Waals surface area contributed by atoms with E-state index in [0.717, 1.165) is 5.69 Å². The fourth-order valence-corrected chi connectivity index (χ4v) is 1.22. The Balaban J connectivity index is 2.59. The van der Waals surface area contributed by atoms with Crippen molar-refractivity contribution in [1.29, 1.82) is 0 Å². The monoisotopic (exact) mass is 164 g/mol. The van der Waals surface area contributed by atoms with Crippen LogP contribution >= 0.6 is 0 Å². The summed E-state index contributed by atoms with van der Waals surface area (Å²) in [6, 6.07) is 6.83. The topological polar surface area (TPSA) is 24.9 Å². The number of rotatable bonds is 3. The van der Waals surface area contributed by atoms with Gasteiger partial charge in [0.2, 0.25) is 0 Å². The average Bonchev–Trinajstić information content (AvgIpc) is 2.05. The summed E-state index contributed by atoms with van der Waals surface area (Å²) in [5, 5.41) is 3.40. The van der Waals surface area contributed by atoms with E-state index < -0.39 is 0 Å². The lowest BCUT2D eigenvalue weighted by atomic mass is 10.2. The Morgan fingerprint density at radius 3 is 2.50 bits per heavy atom. The molecule has 2 heteroatoms. The van der Waals surface area contributed by atoms with E-state index in [1.165, 1.54) is 0 Å². The number of nitrogens with zero attached hydrogens (tertiary/aromatic N) is 1. The lowest BCUT2D eigenvalue weighted by Crippen LogP contribution is -2.26. The van der Waals surface area contributed by atoms with Crippen molar-refractivity contribution < 1.29 is 0 Å². The van der Waals surface area contributed by atoms with Crippen molar-refractivity contribution in [3.05, 3.63) is 30.1 Å². The van der Waals surface area contributed by atoms with E-state index in [2.05, 4.69) is 31.1 Å². The molecule has 12 heavy (non-hydrogen) atoms. The predicted molar refractivity (Wildman–Crippen MR) is 50.9 cm³/mol. The van der Waals surface area contributed by atoms with Gasteiger partial charge in [0.25, 0.3) is 0 Å². The number of pyridine rings is 1. The summed E-state index contributed by atoms with van der Waals surface area (Å²) in [7, 11) is 0. The maximum Gasteiger partial charge on any atom is 0.0570 e. The standard InChI is InChI=1S/C10H16N2/c1-8(2)12-9(3)10-6-4-5-7-11-10/h4-9,12H,1-3H3/t9-/m0/s1. The molecule has 0 amide bonds. The molecule has 0 saturated carbocycles. The first-order chi connectivity index (χ1) is 5.70. The van der Waals surface area contributed by atoms with Crippen molar-refractivity contribution in [1.82, 2.24) is 10.3 Å². The van der Waals surface area contributed by atoms with E-state index in [-0.39, 0.29) is 0 Å². The van der Waals surface area contributed by atoms with Crippen LogP contribution in [0.4, 0.5) is 0 Å². The molecule has 2 nitrogen and oxygen atoms in total. The molecule has 0 fully saturated rings. The van der Waals surface area contributed by atoms with Gasteiger partial charge in [-0.1, -0.05) is 19.9 Å². The number of nitrogens with one attached hydrogen (secondary N) is 1. The molecule has 0 radical (unpaired) electrons. The summed E-state index contributed by atoms with van der Waals surface area (Å²) < 4.78 is 0. The number of hydrogen-bond acceptors (Lipinski definition) is 2. The average molecular weight is 164 g/mol. The molecule has 66 valence electrons. The van der Waals surface area contributed by atoms with Crippen LogP contribution in [0.3, 0.4) is 0 Å². The Kier molecular flexibility index (Phi) is 3.23. The highest BCUT2D eigenvalue weighted by molar-refractivity contribution is 5.07. The third-order valence-electron chi connectivity index (χ3n) is 1.71. The van der Waals surface area contributed by atoms with Gasteiger partial charge in [0, 0.05) is 18.3 Å². The minimum Gasteiger partial charge on any atom is -0.307 e. The molecular weight excluding hydrogens is 148 g/mol. The predicted octanol–water partition coefficient (Wildman–Crippen LogP) is 2.14. The van der Waals surface area contributed by atoms with E-state index >= 15 is 0 Å². The van der Waals surface area contributed by atoms with Crippen LogP contribution in [0.5, 0.6) is 0 Å². The molecule has 1 aromatic heterocycles. The number of hydrogen-bond donors (Lipinski definition) is 1. The van der Waals surface area contributed by atoms with Crippen LogP contribution in [0, 0.1) is 0 Å². The van der Waals surface area contributed by atoms with Gasteiger partial charge >= 0.3 is 0 Å². The number of aromatic nitrogens is 1. The molecule has 1 N–H and O–H groups in total. The molecule has 0 aliphatic rings. The normalized spacial score (nSPS) is 13.3. The highest BCUT2D eigenvalue weighted by atomic mass is 15.0. The third kappa shape index (κ3) is 2.62. The summed E-state index contributed by atoms with van der Waals surface area (Å²) in [6.07, 6.45) is 1.83. The van der Waals surface area contributed by atoms with Crippen molar-refractivity contribution >= 4 is 0 Å². The van der Waals surface area contributed by atoms with Gasteiger partial charge in [0.05, 0.1) is 5.69 Å². The molecule has 1 atom stereocenters. The molecule has 0 aromatic carbocycles. The molecule has 0 aliphatic heterocycles. The van der Waals surface area contributed by atoms with Crippen molar-refractivity contribution in [3.63, 3.8) is 0 Å². The van der Waals surface area contributed by atoms with E-state index in [1.54, 1.807) is 0 Å². The Hall–Kier alpha value is -0.890. The van der Waals surface area contributed by atoms with Gasteiger partial charge in [-0.3, -0.25) is 4.98 Å². The molecule has 0 saturated heterocycles. The van der Waals surface area contributed by atoms with Crippen LogP contribution < -0.4 is 5.32 Å². The minimum atomic E-state index is 0.339. The van der Waals surface area contributed by atoms with E-state index in [0.29, 0.717) is 12.1 Å². The zero-order chi connectivity index (χ0) is 8.97. The lowest BCUT2D eigenvalue weighted by molar-refractivity contribution is 0.497. The molecule has 0 unspecified atom stereocenters. The second-order valence-electron chi connectivity index (χ2n) is 3.30. The Morgan fingerprint density at radius 1 is 1.25 bits per heavy atom. The third-order valence-corrected chi connectivity index (χ3v) is 1.71. The minimum absolute atomic E-state index is 0.339. The quantitative estimate of drug-likeness (QED) is 0.740. The smallest absolute Gasteiger partial charge is 0.0570 e. The van der Waals surface area contributed by atoms with Gasteiger partial charge in [-0.15, -0.1) is 0 Å². The molecule has 0 bridgehead atoms. The highest BCUT2D eigenvalue weighted by Crippen LogP contribution is 2.08. The van der Waals surface area contributed by atoms with Crippen molar-refractivity contribution in [2.75, 3.05) is 0 Å². The van der Waals surface area contributed by atoms with E-state index in [4.69, 9.17) is 0 Å². The largest absolute Gasteiger partial charge is 0.307 e. The zero-order valence-corrected chi connectivity index (χ0v) is 7.91. The molecule has 0 spiro atoms. The lowest BCUT2D eigenvalue weighted by Gasteiger charge is -2.15. The Labute approximate surface area is 74.0 Å². The van der Waals surface area contributed by atoms with Crippen LogP contribution in [0.15, 0.2) is 24.4 Å². The molecule has 1 heterocycles. The molecule has 1 aromatic rings. The second-order valence-corrected chi connectivity index (χ2v) is 3.30. The summed E-state index contributed by atoms with van der Waals surface area (Å²) in [5.41, 5.74) is 1.10. The first-order valence-electron chi connectivity index (χ1n) is 4.37. The van der Waals surface area contributed by atoms with Crippen LogP contribution in [-0.2, 0) is 0 Å². The zero-order valence-electron chi connectivity index (χ0n) is 7.91. The maximum atomic E-state index is 4.27. The van der Waals surface area contributed by atoms with Gasteiger partial charge in [0.15, 0.2) is 0 Å². The summed E-state index contributed by atoms with van der Waals surface area (Å²) in [4.78, 5) is 4.27. The fraction of sp³-hybridized carbons (Fsp3) is 0.500. The Bertz CT molecular complexity index is 219. The molecular formula is C10H16N2. The van der Waals surface area contributed by atoms with Gasteiger partial charge < -0.3 is 5.32 Å². The van der Waals surface area contributed by atoms with Gasteiger partial charge in [-0.2, -0.15) is 0 Å². The van der Waals surface area contributed by atoms with Crippen LogP contribution in [0.1, 0.15) is 32.5 Å². The van der Waals surface area contributed by atoms with E-state index in [9.17, 15) is 0 Å². The summed E-state index contributed by atoms with van der Waals surface area (Å²) >= 11 is 0. The van der Waals surface area contributed by atoms with Crippen LogP contribution in [0.25, 0.3) is 0 Å². The van der Waals surface area contributed by atoms with E-state index in [1.807, 2.05) is 24.4 Å². The SMILES string of the molecule is CC(C)N[C@@H](C)c1ccccn1. The van der Waals surface area contributed by atoms with Crippen molar-refractivity contribution in [2.24, 2.45) is 0 Å². The highest BCUT2D eigenvalue weighted by Gasteiger charge is 2.05. The fourth-order valence-electron chi connectivity index (χ4n) is 1.22. The summed E-state index contributed by atoms with van der Waals surface area (Å²) in [6.45, 7) is 6.40. The molecule has 1 rings (SSSR count). The Morgan fingerprint density at radius 2 is 2.00 bits per heavy atom. The van der Waals surface area contributed by atoms with Crippen molar-refractivity contribution in [2.45, 2.75) is 32.9 Å². The van der Waals surface area contributed by atoms with Crippen molar-refractivity contribution in [3.8, 4) is 0 Å². The van der Waals surface area contributed by atoms with Crippen LogP contribution in [0.2, 0.25) is 0 Å².